The second-order valence-electron chi connectivity index (χ2n) is 8.10. The van der Waals surface area contributed by atoms with Gasteiger partial charge in [-0.05, 0) is 18.9 Å². The molecule has 1 aromatic carbocycles. The molecule has 8 nitrogen and oxygen atoms in total. The summed E-state index contributed by atoms with van der Waals surface area (Å²) in [5.41, 5.74) is 1.98. The molecule has 1 spiro atoms. The van der Waals surface area contributed by atoms with E-state index in [-0.39, 0.29) is 11.6 Å². The molecule has 0 N–H and O–H groups in total. The number of carbonyl (C=O) groups is 1. The fourth-order valence-electron chi connectivity index (χ4n) is 4.75. The monoisotopic (exact) mass is 407 g/mol. The summed E-state index contributed by atoms with van der Waals surface area (Å²) >= 11 is 0. The average molecular weight is 407 g/mol. The molecule has 0 atom stereocenters. The van der Waals surface area contributed by atoms with Gasteiger partial charge in [0.05, 0.1) is 31.7 Å². The first-order chi connectivity index (χ1) is 14.7. The van der Waals surface area contributed by atoms with E-state index < -0.39 is 0 Å². The summed E-state index contributed by atoms with van der Waals surface area (Å²) in [7, 11) is 1.43. The van der Waals surface area contributed by atoms with Crippen LogP contribution in [-0.2, 0) is 23.4 Å². The van der Waals surface area contributed by atoms with Gasteiger partial charge in [0.1, 0.15) is 0 Å². The van der Waals surface area contributed by atoms with Gasteiger partial charge >= 0.3 is 6.09 Å². The van der Waals surface area contributed by atoms with E-state index in [9.17, 15) is 4.79 Å². The number of carbonyl (C=O) groups excluding carboxylic acids is 1. The van der Waals surface area contributed by atoms with Crippen LogP contribution in [0.3, 0.4) is 0 Å². The number of likely N-dealkylation sites (tertiary alicyclic amines) is 1. The smallest absolute Gasteiger partial charge is 0.409 e. The van der Waals surface area contributed by atoms with E-state index in [0.29, 0.717) is 13.1 Å². The van der Waals surface area contributed by atoms with Crippen LogP contribution in [0.25, 0.3) is 11.4 Å². The largest absolute Gasteiger partial charge is 0.472 e. The first-order valence-electron chi connectivity index (χ1n) is 10.2. The molecule has 1 saturated heterocycles. The standard InChI is InChI=1S/C22H25N5O3/c1-29-21(28)26-14-19-23-24-20(18-5-3-2-4-6-18)27(19)22(16-26)8-10-25(11-9-22)13-17-7-12-30-15-17/h2-7,12,15H,8-11,13-14,16H2,1H3. The first-order valence-corrected chi connectivity index (χ1v) is 10.2. The molecule has 0 bridgehead atoms. The Balaban J connectivity index is 1.48. The number of benzene rings is 1. The predicted molar refractivity (Wildman–Crippen MR) is 109 cm³/mol. The van der Waals surface area contributed by atoms with Crippen LogP contribution in [0.2, 0.25) is 0 Å². The second-order valence-corrected chi connectivity index (χ2v) is 8.10. The van der Waals surface area contributed by atoms with Crippen molar-refractivity contribution >= 4 is 6.09 Å². The maximum Gasteiger partial charge on any atom is 0.409 e. The van der Waals surface area contributed by atoms with E-state index in [2.05, 4.69) is 31.8 Å². The van der Waals surface area contributed by atoms with E-state index in [1.54, 1.807) is 17.4 Å². The summed E-state index contributed by atoms with van der Waals surface area (Å²) in [6.45, 7) is 3.73. The molecule has 0 radical (unpaired) electrons. The molecule has 5 rings (SSSR count). The lowest BCUT2D eigenvalue weighted by Crippen LogP contribution is -2.57. The van der Waals surface area contributed by atoms with Crippen LogP contribution in [0.5, 0.6) is 0 Å². The highest BCUT2D eigenvalue weighted by atomic mass is 16.5. The van der Waals surface area contributed by atoms with Gasteiger partial charge in [-0.15, -0.1) is 10.2 Å². The number of amides is 1. The molecule has 3 aromatic rings. The number of aromatic nitrogens is 3. The quantitative estimate of drug-likeness (QED) is 0.664. The highest BCUT2D eigenvalue weighted by Crippen LogP contribution is 2.39. The van der Waals surface area contributed by atoms with E-state index >= 15 is 0 Å². The van der Waals surface area contributed by atoms with Gasteiger partial charge < -0.3 is 13.7 Å². The van der Waals surface area contributed by atoms with Crippen LogP contribution >= 0.6 is 0 Å². The molecule has 2 aromatic heterocycles. The van der Waals surface area contributed by atoms with Crippen molar-refractivity contribution in [3.05, 3.63) is 60.3 Å². The Hall–Kier alpha value is -3.13. The number of hydrogen-bond acceptors (Lipinski definition) is 6. The van der Waals surface area contributed by atoms with Gasteiger partial charge in [0, 0.05) is 37.3 Å². The molecule has 2 aliphatic heterocycles. The van der Waals surface area contributed by atoms with Crippen molar-refractivity contribution in [2.24, 2.45) is 0 Å². The van der Waals surface area contributed by atoms with E-state index in [1.165, 1.54) is 12.7 Å². The molecule has 30 heavy (non-hydrogen) atoms. The zero-order chi connectivity index (χ0) is 20.6. The minimum absolute atomic E-state index is 0.247. The lowest BCUT2D eigenvalue weighted by Gasteiger charge is -2.48. The molecule has 8 heteroatoms. The molecule has 2 aliphatic rings. The maximum atomic E-state index is 12.4. The maximum absolute atomic E-state index is 12.4. The van der Waals surface area contributed by atoms with E-state index in [0.717, 1.165) is 49.7 Å². The van der Waals surface area contributed by atoms with Crippen LogP contribution in [0.4, 0.5) is 4.79 Å². The van der Waals surface area contributed by atoms with Crippen LogP contribution < -0.4 is 0 Å². The Labute approximate surface area is 175 Å². The van der Waals surface area contributed by atoms with Gasteiger partial charge in [0.15, 0.2) is 11.6 Å². The molecule has 156 valence electrons. The summed E-state index contributed by atoms with van der Waals surface area (Å²) in [5, 5.41) is 8.99. The molecule has 1 fully saturated rings. The van der Waals surface area contributed by atoms with Gasteiger partial charge in [0.25, 0.3) is 0 Å². The molecule has 0 aliphatic carbocycles. The zero-order valence-electron chi connectivity index (χ0n) is 17.0. The van der Waals surface area contributed by atoms with Crippen LogP contribution in [-0.4, -0.2) is 57.4 Å². The molecular formula is C22H25N5O3. The molecule has 4 heterocycles. The van der Waals surface area contributed by atoms with E-state index in [1.807, 2.05) is 24.3 Å². The van der Waals surface area contributed by atoms with Crippen molar-refractivity contribution in [3.8, 4) is 11.4 Å². The number of rotatable bonds is 3. The number of ether oxygens (including phenoxy) is 1. The Bertz CT molecular complexity index is 1010. The summed E-state index contributed by atoms with van der Waals surface area (Å²) < 4.78 is 12.5. The lowest BCUT2D eigenvalue weighted by molar-refractivity contribution is 0.0341. The Morgan fingerprint density at radius 2 is 1.97 bits per heavy atom. The van der Waals surface area contributed by atoms with Crippen molar-refractivity contribution in [2.45, 2.75) is 31.5 Å². The molecular weight excluding hydrogens is 382 g/mol. The van der Waals surface area contributed by atoms with Crippen LogP contribution in [0.1, 0.15) is 24.2 Å². The summed E-state index contributed by atoms with van der Waals surface area (Å²) in [4.78, 5) is 16.6. The minimum atomic E-state index is -0.314. The van der Waals surface area contributed by atoms with Crippen molar-refractivity contribution < 1.29 is 13.9 Å². The minimum Gasteiger partial charge on any atom is -0.472 e. The van der Waals surface area contributed by atoms with Crippen molar-refractivity contribution in [1.29, 1.82) is 0 Å². The fourth-order valence-corrected chi connectivity index (χ4v) is 4.75. The molecule has 0 unspecified atom stereocenters. The number of furan rings is 1. The Kier molecular flexibility index (Phi) is 4.78. The number of piperidine rings is 1. The van der Waals surface area contributed by atoms with Gasteiger partial charge in [0.2, 0.25) is 0 Å². The highest BCUT2D eigenvalue weighted by molar-refractivity contribution is 5.68. The van der Waals surface area contributed by atoms with Crippen LogP contribution in [0.15, 0.2) is 53.3 Å². The fraction of sp³-hybridized carbons (Fsp3) is 0.409. The van der Waals surface area contributed by atoms with E-state index in [4.69, 9.17) is 9.15 Å². The zero-order valence-corrected chi connectivity index (χ0v) is 17.0. The van der Waals surface area contributed by atoms with Gasteiger partial charge in [-0.2, -0.15) is 0 Å². The van der Waals surface area contributed by atoms with Gasteiger partial charge in [-0.25, -0.2) is 4.79 Å². The molecule has 0 saturated carbocycles. The van der Waals surface area contributed by atoms with Gasteiger partial charge in [-0.1, -0.05) is 30.3 Å². The second kappa shape index (κ2) is 7.60. The third-order valence-electron chi connectivity index (χ3n) is 6.26. The normalized spacial score (nSPS) is 18.4. The van der Waals surface area contributed by atoms with Crippen molar-refractivity contribution in [3.63, 3.8) is 0 Å². The summed E-state index contributed by atoms with van der Waals surface area (Å²) in [6, 6.07) is 12.2. The number of methoxy groups -OCH3 is 1. The molecule has 1 amide bonds. The topological polar surface area (TPSA) is 76.6 Å². The van der Waals surface area contributed by atoms with Crippen molar-refractivity contribution in [1.82, 2.24) is 24.6 Å². The number of hydrogen-bond donors (Lipinski definition) is 0. The van der Waals surface area contributed by atoms with Gasteiger partial charge in [-0.3, -0.25) is 9.80 Å². The lowest BCUT2D eigenvalue weighted by atomic mass is 9.84. The number of fused-ring (bicyclic) bond motifs is 2. The SMILES string of the molecule is COC(=O)N1Cc2nnc(-c3ccccc3)n2C2(CCN(Cc3ccoc3)CC2)C1. The summed E-state index contributed by atoms with van der Waals surface area (Å²) in [6.07, 6.45) is 5.01. The van der Waals surface area contributed by atoms with Crippen molar-refractivity contribution in [2.75, 3.05) is 26.7 Å². The summed E-state index contributed by atoms with van der Waals surface area (Å²) in [5.74, 6) is 1.69. The number of nitrogens with zero attached hydrogens (tertiary/aromatic N) is 5. The highest BCUT2D eigenvalue weighted by Gasteiger charge is 2.45. The Morgan fingerprint density at radius 1 is 1.17 bits per heavy atom. The predicted octanol–water partition coefficient (Wildman–Crippen LogP) is 3.11. The Morgan fingerprint density at radius 3 is 2.67 bits per heavy atom. The third kappa shape index (κ3) is 3.27. The first kappa shape index (κ1) is 18.9. The third-order valence-corrected chi connectivity index (χ3v) is 6.26. The van der Waals surface area contributed by atoms with Crippen LogP contribution in [0, 0.1) is 0 Å². The average Bonchev–Trinajstić information content (AvgIpc) is 3.46.